The van der Waals surface area contributed by atoms with Gasteiger partial charge in [-0.1, -0.05) is 46.8 Å². The van der Waals surface area contributed by atoms with Crippen LogP contribution >= 0.6 is 11.8 Å². The summed E-state index contributed by atoms with van der Waals surface area (Å²) < 4.78 is 0. The third-order valence-electron chi connectivity index (χ3n) is 3.36. The first-order valence-electron chi connectivity index (χ1n) is 8.05. The summed E-state index contributed by atoms with van der Waals surface area (Å²) in [7, 11) is 0. The zero-order valence-corrected chi connectivity index (χ0v) is 16.2. The van der Waals surface area contributed by atoms with Crippen LogP contribution < -0.4 is 16.4 Å². The third kappa shape index (κ3) is 7.75. The minimum atomic E-state index is 0.0310. The van der Waals surface area contributed by atoms with Crippen LogP contribution in [0, 0.1) is 10.8 Å². The molecule has 1 aromatic rings. The summed E-state index contributed by atoms with van der Waals surface area (Å²) in [5.41, 5.74) is 7.09. The van der Waals surface area contributed by atoms with Crippen LogP contribution in [-0.4, -0.2) is 31.8 Å². The predicted molar refractivity (Wildman–Crippen MR) is 104 cm³/mol. The molecule has 0 bridgehead atoms. The molecule has 0 fully saturated rings. The van der Waals surface area contributed by atoms with Crippen LogP contribution in [0.3, 0.4) is 0 Å². The smallest absolute Gasteiger partial charge is 0.195 e. The maximum absolute atomic E-state index is 5.83. The number of nitrogens with two attached hydrogens (primary N) is 1. The summed E-state index contributed by atoms with van der Waals surface area (Å²) in [5.74, 6) is 0.808. The Morgan fingerprint density at radius 2 is 1.83 bits per heavy atom. The van der Waals surface area contributed by atoms with E-state index in [1.807, 2.05) is 12.1 Å². The highest BCUT2D eigenvalue weighted by Crippen LogP contribution is 2.24. The van der Waals surface area contributed by atoms with E-state index >= 15 is 0 Å². The molecule has 0 unspecified atom stereocenters. The number of hydrogen-bond acceptors (Lipinski definition) is 3. The van der Waals surface area contributed by atoms with Gasteiger partial charge in [-0.05, 0) is 35.8 Å². The molecule has 0 spiro atoms. The molecular formula is C18H32N4S. The molecule has 4 nitrogen and oxygen atoms in total. The lowest BCUT2D eigenvalue weighted by Gasteiger charge is -2.25. The lowest BCUT2D eigenvalue weighted by molar-refractivity contribution is 0.375. The minimum absolute atomic E-state index is 0.0310. The van der Waals surface area contributed by atoms with Crippen molar-refractivity contribution in [2.45, 2.75) is 39.5 Å². The van der Waals surface area contributed by atoms with Crippen LogP contribution in [0.4, 0.5) is 5.69 Å². The number of aliphatic imine (C=N–C) groups is 1. The topological polar surface area (TPSA) is 62.4 Å². The Balaban J connectivity index is 2.90. The summed E-state index contributed by atoms with van der Waals surface area (Å²) in [6, 6.07) is 8.27. The van der Waals surface area contributed by atoms with Crippen molar-refractivity contribution in [2.75, 3.05) is 31.2 Å². The number of hydrogen-bond donors (Lipinski definition) is 3. The second kappa shape index (κ2) is 8.60. The lowest BCUT2D eigenvalue weighted by atomic mass is 9.94. The Hall–Kier alpha value is -1.20. The number of benzene rings is 1. The first kappa shape index (κ1) is 19.8. The van der Waals surface area contributed by atoms with Gasteiger partial charge in [0.2, 0.25) is 0 Å². The van der Waals surface area contributed by atoms with E-state index in [2.05, 4.69) is 63.6 Å². The molecule has 5 heteroatoms. The lowest BCUT2D eigenvalue weighted by Crippen LogP contribution is -2.41. The number of anilines is 1. The average molecular weight is 337 g/mol. The van der Waals surface area contributed by atoms with Gasteiger partial charge in [0.15, 0.2) is 5.96 Å². The molecule has 4 N–H and O–H groups in total. The molecule has 130 valence electrons. The summed E-state index contributed by atoms with van der Waals surface area (Å²) in [5, 5.41) is 6.88. The molecule has 0 aliphatic carbocycles. The molecule has 0 aliphatic rings. The number of nitrogens with zero attached hydrogens (tertiary/aromatic N) is 1. The molecule has 0 saturated heterocycles. The van der Waals surface area contributed by atoms with Crippen molar-refractivity contribution in [3.63, 3.8) is 0 Å². The van der Waals surface area contributed by atoms with Gasteiger partial charge in [-0.15, -0.1) is 11.8 Å². The van der Waals surface area contributed by atoms with Gasteiger partial charge < -0.3 is 16.4 Å². The van der Waals surface area contributed by atoms with E-state index in [9.17, 15) is 0 Å². The Kier molecular flexibility index (Phi) is 7.42. The minimum Gasteiger partial charge on any atom is -0.356 e. The summed E-state index contributed by atoms with van der Waals surface area (Å²) >= 11 is 1.72. The van der Waals surface area contributed by atoms with E-state index in [4.69, 9.17) is 10.7 Å². The Morgan fingerprint density at radius 3 is 2.39 bits per heavy atom. The van der Waals surface area contributed by atoms with E-state index < -0.39 is 0 Å². The van der Waals surface area contributed by atoms with Crippen LogP contribution in [0.2, 0.25) is 0 Å². The SMILES string of the molecule is CSc1ccccc1NC(=NCC(C)(C)C)NCC(C)(C)CN. The maximum Gasteiger partial charge on any atom is 0.195 e. The second-order valence-corrected chi connectivity index (χ2v) is 8.62. The highest BCUT2D eigenvalue weighted by molar-refractivity contribution is 7.98. The van der Waals surface area contributed by atoms with Crippen molar-refractivity contribution in [3.8, 4) is 0 Å². The van der Waals surface area contributed by atoms with Crippen molar-refractivity contribution in [1.82, 2.24) is 5.32 Å². The molecule has 0 atom stereocenters. The fraction of sp³-hybridized carbons (Fsp3) is 0.611. The first-order chi connectivity index (χ1) is 10.7. The fourth-order valence-corrected chi connectivity index (χ4v) is 2.28. The summed E-state index contributed by atoms with van der Waals surface area (Å²) in [6.07, 6.45) is 2.08. The summed E-state index contributed by atoms with van der Waals surface area (Å²) in [4.78, 5) is 5.95. The van der Waals surface area contributed by atoms with E-state index in [1.165, 1.54) is 4.90 Å². The Morgan fingerprint density at radius 1 is 1.17 bits per heavy atom. The van der Waals surface area contributed by atoms with Crippen LogP contribution in [0.5, 0.6) is 0 Å². The van der Waals surface area contributed by atoms with Crippen LogP contribution in [-0.2, 0) is 0 Å². The number of para-hydroxylation sites is 1. The molecule has 1 rings (SSSR count). The van der Waals surface area contributed by atoms with Gasteiger partial charge in [-0.25, -0.2) is 0 Å². The van der Waals surface area contributed by atoms with Crippen LogP contribution in [0.1, 0.15) is 34.6 Å². The van der Waals surface area contributed by atoms with Crippen molar-refractivity contribution in [1.29, 1.82) is 0 Å². The van der Waals surface area contributed by atoms with Crippen LogP contribution in [0.15, 0.2) is 34.2 Å². The molecule has 0 aliphatic heterocycles. The average Bonchev–Trinajstić information content (AvgIpc) is 2.49. The number of thioether (sulfide) groups is 1. The Labute approximate surface area is 145 Å². The first-order valence-corrected chi connectivity index (χ1v) is 9.28. The monoisotopic (exact) mass is 336 g/mol. The van der Waals surface area contributed by atoms with Crippen LogP contribution in [0.25, 0.3) is 0 Å². The maximum atomic E-state index is 5.83. The van der Waals surface area contributed by atoms with Gasteiger partial charge in [-0.3, -0.25) is 4.99 Å². The van der Waals surface area contributed by atoms with Gasteiger partial charge in [0.25, 0.3) is 0 Å². The zero-order chi connectivity index (χ0) is 17.5. The summed E-state index contributed by atoms with van der Waals surface area (Å²) in [6.45, 7) is 13.0. The predicted octanol–water partition coefficient (Wildman–Crippen LogP) is 3.80. The van der Waals surface area contributed by atoms with E-state index in [-0.39, 0.29) is 10.8 Å². The van der Waals surface area contributed by atoms with Crippen molar-refractivity contribution in [2.24, 2.45) is 21.6 Å². The zero-order valence-electron chi connectivity index (χ0n) is 15.4. The van der Waals surface area contributed by atoms with Gasteiger partial charge >= 0.3 is 0 Å². The molecule has 0 aromatic heterocycles. The molecule has 0 heterocycles. The van der Waals surface area contributed by atoms with Crippen molar-refractivity contribution >= 4 is 23.4 Å². The molecule has 1 aromatic carbocycles. The van der Waals surface area contributed by atoms with Gasteiger partial charge in [-0.2, -0.15) is 0 Å². The van der Waals surface area contributed by atoms with Gasteiger partial charge in [0.05, 0.1) is 5.69 Å². The van der Waals surface area contributed by atoms with E-state index in [0.717, 1.165) is 24.7 Å². The molecule has 0 saturated carbocycles. The Bertz CT molecular complexity index is 518. The largest absolute Gasteiger partial charge is 0.356 e. The molecule has 0 radical (unpaired) electrons. The normalized spacial score (nSPS) is 13.1. The number of nitrogens with one attached hydrogen (secondary N) is 2. The number of guanidine groups is 1. The second-order valence-electron chi connectivity index (χ2n) is 7.77. The standard InChI is InChI=1S/C18H32N4S/c1-17(2,3)12-20-16(21-13-18(4,5)11-19)22-14-9-7-8-10-15(14)23-6/h7-10H,11-13,19H2,1-6H3,(H2,20,21,22). The highest BCUT2D eigenvalue weighted by Gasteiger charge is 2.17. The fourth-order valence-electron chi connectivity index (χ4n) is 1.73. The number of rotatable bonds is 6. The third-order valence-corrected chi connectivity index (χ3v) is 4.15. The van der Waals surface area contributed by atoms with E-state index in [1.54, 1.807) is 11.8 Å². The van der Waals surface area contributed by atoms with Gasteiger partial charge in [0, 0.05) is 18.0 Å². The molecular weight excluding hydrogens is 304 g/mol. The quantitative estimate of drug-likeness (QED) is 0.420. The van der Waals surface area contributed by atoms with E-state index in [0.29, 0.717) is 6.54 Å². The molecule has 0 amide bonds. The van der Waals surface area contributed by atoms with Gasteiger partial charge in [0.1, 0.15) is 0 Å². The van der Waals surface area contributed by atoms with Crippen molar-refractivity contribution < 1.29 is 0 Å². The highest BCUT2D eigenvalue weighted by atomic mass is 32.2. The van der Waals surface area contributed by atoms with Crippen molar-refractivity contribution in [3.05, 3.63) is 24.3 Å². The molecule has 23 heavy (non-hydrogen) atoms.